The van der Waals surface area contributed by atoms with Gasteiger partial charge in [-0.1, -0.05) is 204 Å². The van der Waals surface area contributed by atoms with Gasteiger partial charge in [0.15, 0.2) is 0 Å². The van der Waals surface area contributed by atoms with Crippen LogP contribution in [0.2, 0.25) is 0 Å². The van der Waals surface area contributed by atoms with E-state index in [0.717, 1.165) is 67.0 Å². The van der Waals surface area contributed by atoms with Gasteiger partial charge in [0.05, 0.1) is 23.5 Å². The van der Waals surface area contributed by atoms with Crippen molar-refractivity contribution >= 4 is 11.8 Å². The molecule has 10 aromatic carbocycles. The van der Waals surface area contributed by atoms with Crippen LogP contribution in [-0.2, 0) is 11.1 Å². The minimum absolute atomic E-state index is 0.0265. The zero-order valence-electron chi connectivity index (χ0n) is 46.2. The standard InChI is InChI=1S/2C36H23F3N4O/c2*1-2-24-20-29(31(38)22-30(24)37)33-23-43(42-41-33)34-19-18-25(21-32(34)39)35(44)40-36(26-12-6-3-7-13-26,27-14-8-4-9-15-27)28-16-10-5-11-17-28/h2*1,3-23H,(H,40,44). The van der Waals surface area contributed by atoms with Crippen molar-refractivity contribution in [3.63, 3.8) is 0 Å². The number of nitrogens with one attached hydrogen (secondary N) is 2. The fourth-order valence-electron chi connectivity index (χ4n) is 10.4. The average molecular weight is 1170 g/mol. The van der Waals surface area contributed by atoms with Gasteiger partial charge in [-0.3, -0.25) is 9.59 Å². The van der Waals surface area contributed by atoms with Gasteiger partial charge < -0.3 is 10.6 Å². The Morgan fingerprint density at radius 3 is 0.909 bits per heavy atom. The lowest BCUT2D eigenvalue weighted by Crippen LogP contribution is -2.47. The van der Waals surface area contributed by atoms with Crippen LogP contribution in [0.15, 0.2) is 255 Å². The summed E-state index contributed by atoms with van der Waals surface area (Å²) in [5.41, 5.74) is 2.42. The van der Waals surface area contributed by atoms with Gasteiger partial charge in [-0.25, -0.2) is 35.7 Å². The molecule has 0 atom stereocenters. The monoisotopic (exact) mass is 1170 g/mol. The molecule has 2 heterocycles. The van der Waals surface area contributed by atoms with Crippen LogP contribution in [0.5, 0.6) is 0 Å². The highest BCUT2D eigenvalue weighted by Crippen LogP contribution is 2.39. The number of benzene rings is 10. The number of terminal acetylenes is 2. The lowest BCUT2D eigenvalue weighted by molar-refractivity contribution is 0.0916. The average Bonchev–Trinajstić information content (AvgIpc) is 1.13. The van der Waals surface area contributed by atoms with E-state index < -0.39 is 57.8 Å². The molecule has 16 heteroatoms. The molecule has 0 saturated heterocycles. The van der Waals surface area contributed by atoms with Crippen molar-refractivity contribution in [2.24, 2.45) is 0 Å². The summed E-state index contributed by atoms with van der Waals surface area (Å²) in [5.74, 6) is -1.78. The van der Waals surface area contributed by atoms with E-state index in [4.69, 9.17) is 12.8 Å². The van der Waals surface area contributed by atoms with Gasteiger partial charge in [0.25, 0.3) is 11.8 Å². The maximum Gasteiger partial charge on any atom is 0.252 e. The lowest BCUT2D eigenvalue weighted by atomic mass is 9.77. The minimum atomic E-state index is -1.09. The molecule has 0 aliphatic heterocycles. The van der Waals surface area contributed by atoms with E-state index in [1.165, 1.54) is 36.7 Å². The lowest BCUT2D eigenvalue weighted by Gasteiger charge is -2.37. The van der Waals surface area contributed by atoms with E-state index in [1.54, 1.807) is 0 Å². The van der Waals surface area contributed by atoms with Gasteiger partial charge in [0, 0.05) is 34.4 Å². The molecule has 0 spiro atoms. The number of carbonyl (C=O) groups is 2. The van der Waals surface area contributed by atoms with Crippen molar-refractivity contribution in [1.82, 2.24) is 40.6 Å². The highest BCUT2D eigenvalue weighted by atomic mass is 19.2. The quantitative estimate of drug-likeness (QED) is 0.0636. The van der Waals surface area contributed by atoms with Crippen molar-refractivity contribution in [3.05, 3.63) is 346 Å². The molecule has 2 N–H and O–H groups in total. The summed E-state index contributed by atoms with van der Waals surface area (Å²) in [6, 6.07) is 68.9. The molecule has 12 aromatic rings. The molecule has 428 valence electrons. The second-order valence-corrected chi connectivity index (χ2v) is 19.9. The van der Waals surface area contributed by atoms with E-state index in [1.807, 2.05) is 182 Å². The number of hydrogen-bond donors (Lipinski definition) is 2. The Morgan fingerprint density at radius 1 is 0.364 bits per heavy atom. The molecule has 10 nitrogen and oxygen atoms in total. The molecule has 0 aliphatic rings. The zero-order valence-corrected chi connectivity index (χ0v) is 46.2. The topological polar surface area (TPSA) is 120 Å². The van der Waals surface area contributed by atoms with Gasteiger partial charge in [-0.15, -0.1) is 23.0 Å². The van der Waals surface area contributed by atoms with Crippen molar-refractivity contribution in [3.8, 4) is 58.6 Å². The van der Waals surface area contributed by atoms with Crippen LogP contribution < -0.4 is 10.6 Å². The van der Waals surface area contributed by atoms with E-state index in [2.05, 4.69) is 43.1 Å². The summed E-state index contributed by atoms with van der Waals surface area (Å²) < 4.78 is 90.0. The van der Waals surface area contributed by atoms with E-state index in [9.17, 15) is 27.2 Å². The largest absolute Gasteiger partial charge is 0.334 e. The Labute approximate surface area is 501 Å². The summed E-state index contributed by atoms with van der Waals surface area (Å²) in [4.78, 5) is 27.8. The molecule has 0 unspecified atom stereocenters. The smallest absolute Gasteiger partial charge is 0.252 e. The third-order valence-corrected chi connectivity index (χ3v) is 14.7. The number of carbonyl (C=O) groups excluding carboxylic acids is 2. The van der Waals surface area contributed by atoms with Gasteiger partial charge >= 0.3 is 0 Å². The SMILES string of the molecule is C#Cc1cc(-c2cn(-c3ccc(C(=O)NC(c4ccccc4)(c4ccccc4)c4ccccc4)cc3F)nn2)c(F)cc1F.C#Cc1cc(-c2cn(-c3ccc(C(=O)NC(c4ccccc4)(c4ccccc4)c4ccccc4)cc3F)nn2)c(F)cc1F. The maximum atomic E-state index is 15.5. The summed E-state index contributed by atoms with van der Waals surface area (Å²) in [5, 5.41) is 22.0. The number of rotatable bonds is 14. The molecule has 0 aliphatic carbocycles. The van der Waals surface area contributed by atoms with Crippen molar-refractivity contribution in [2.45, 2.75) is 11.1 Å². The van der Waals surface area contributed by atoms with Gasteiger partial charge in [-0.05, 0) is 81.9 Å². The van der Waals surface area contributed by atoms with Crippen LogP contribution in [0.4, 0.5) is 26.3 Å². The van der Waals surface area contributed by atoms with E-state index in [0.29, 0.717) is 12.1 Å². The molecule has 0 bridgehead atoms. The summed E-state index contributed by atoms with van der Waals surface area (Å²) in [6.45, 7) is 0. The van der Waals surface area contributed by atoms with Gasteiger partial charge in [0.1, 0.15) is 68.7 Å². The van der Waals surface area contributed by atoms with Gasteiger partial charge in [0.2, 0.25) is 0 Å². The summed E-state index contributed by atoms with van der Waals surface area (Å²) in [7, 11) is 0. The Morgan fingerprint density at radius 2 is 0.648 bits per heavy atom. The third kappa shape index (κ3) is 11.4. The van der Waals surface area contributed by atoms with Crippen molar-refractivity contribution in [2.75, 3.05) is 0 Å². The zero-order chi connectivity index (χ0) is 61.4. The Balaban J connectivity index is 0.000000182. The highest BCUT2D eigenvalue weighted by Gasteiger charge is 2.40. The number of nitrogens with zero attached hydrogens (tertiary/aromatic N) is 6. The number of amides is 2. The molecular formula is C72H46F6N8O2. The molecule has 12 rings (SSSR count). The van der Waals surface area contributed by atoms with Crippen LogP contribution >= 0.6 is 0 Å². The normalized spacial score (nSPS) is 11.1. The maximum absolute atomic E-state index is 15.5. The fraction of sp³-hybridized carbons (Fsp3) is 0.0278. The van der Waals surface area contributed by atoms with Crippen LogP contribution in [-0.4, -0.2) is 41.8 Å². The molecule has 2 amide bonds. The predicted molar refractivity (Wildman–Crippen MR) is 323 cm³/mol. The van der Waals surface area contributed by atoms with Crippen LogP contribution in [0, 0.1) is 59.6 Å². The van der Waals surface area contributed by atoms with Gasteiger partial charge in [-0.2, -0.15) is 0 Å². The Hall–Kier alpha value is -11.9. The Kier molecular flexibility index (Phi) is 16.5. The van der Waals surface area contributed by atoms with Crippen molar-refractivity contribution in [1.29, 1.82) is 0 Å². The van der Waals surface area contributed by atoms with Crippen LogP contribution in [0.3, 0.4) is 0 Å². The molecule has 0 saturated carbocycles. The predicted octanol–water partition coefficient (Wildman–Crippen LogP) is 14.1. The summed E-state index contributed by atoms with van der Waals surface area (Å²) in [6.07, 6.45) is 13.2. The van der Waals surface area contributed by atoms with E-state index in [-0.39, 0.29) is 56.1 Å². The number of aromatic nitrogens is 6. The Bertz CT molecular complexity index is 4110. The van der Waals surface area contributed by atoms with Crippen LogP contribution in [0.25, 0.3) is 33.9 Å². The first-order valence-corrected chi connectivity index (χ1v) is 27.2. The first kappa shape index (κ1) is 57.9. The highest BCUT2D eigenvalue weighted by molar-refractivity contribution is 5.96. The first-order valence-electron chi connectivity index (χ1n) is 27.2. The van der Waals surface area contributed by atoms with Crippen molar-refractivity contribution < 1.29 is 35.9 Å². The molecule has 2 aromatic heterocycles. The van der Waals surface area contributed by atoms with Crippen LogP contribution in [0.1, 0.15) is 65.2 Å². The fourth-order valence-corrected chi connectivity index (χ4v) is 10.4. The molecule has 88 heavy (non-hydrogen) atoms. The molecule has 0 fully saturated rings. The molecule has 0 radical (unpaired) electrons. The third-order valence-electron chi connectivity index (χ3n) is 14.7. The second-order valence-electron chi connectivity index (χ2n) is 19.9. The number of hydrogen-bond acceptors (Lipinski definition) is 6. The molecular weight excluding hydrogens is 1120 g/mol. The summed E-state index contributed by atoms with van der Waals surface area (Å²) >= 11 is 0. The minimum Gasteiger partial charge on any atom is -0.334 e. The number of halogens is 6. The second kappa shape index (κ2) is 25.1. The first-order chi connectivity index (χ1) is 42.8. The van der Waals surface area contributed by atoms with E-state index >= 15 is 8.78 Å².